The molecular weight excluding hydrogens is 799 g/mol. The zero-order valence-electron chi connectivity index (χ0n) is 31.2. The van der Waals surface area contributed by atoms with Gasteiger partial charge in [0.25, 0.3) is 0 Å². The van der Waals surface area contributed by atoms with Crippen LogP contribution in [0.2, 0.25) is 39.3 Å². The number of allylic oxidation sites excluding steroid dienone is 2. The minimum Gasteiger partial charge on any atom is -1.00 e. The Kier molecular flexibility index (Phi) is 11.7. The van der Waals surface area contributed by atoms with Crippen LogP contribution in [-0.2, 0) is 23.2 Å². The van der Waals surface area contributed by atoms with Crippen molar-refractivity contribution in [3.63, 3.8) is 0 Å². The van der Waals surface area contributed by atoms with Crippen LogP contribution < -0.4 is 35.2 Å². The Hall–Kier alpha value is -3.44. The molecule has 53 heavy (non-hydrogen) atoms. The fourth-order valence-electron chi connectivity index (χ4n) is 7.72. The number of rotatable bonds is 8. The van der Waals surface area contributed by atoms with Crippen molar-refractivity contribution in [1.29, 1.82) is 0 Å². The second-order valence-electron chi connectivity index (χ2n) is 16.0. The van der Waals surface area contributed by atoms with E-state index >= 15 is 0 Å². The Balaban J connectivity index is 0.00000240. The van der Waals surface area contributed by atoms with E-state index in [1.54, 1.807) is 6.56 Å². The molecule has 2 unspecified atom stereocenters. The van der Waals surface area contributed by atoms with E-state index in [1.807, 2.05) is 24.5 Å². The van der Waals surface area contributed by atoms with Gasteiger partial charge < -0.3 is 24.8 Å². The van der Waals surface area contributed by atoms with Crippen molar-refractivity contribution >= 4 is 38.7 Å². The summed E-state index contributed by atoms with van der Waals surface area (Å²) in [5.74, 6) is 0.327. The molecule has 0 saturated carbocycles. The van der Waals surface area contributed by atoms with Crippen LogP contribution >= 0.6 is 0 Å². The Labute approximate surface area is 341 Å². The van der Waals surface area contributed by atoms with E-state index < -0.39 is 39.4 Å². The SMILES string of the molecule is C[Si](C)(C)c1ccc(-c2cccc3c2C=[C]([Zr+2][C]2=Cc4c(-c5ccc([Si](C)(C)C)cc5)cccc4C2c2ccccn2)C3c2ccccn2)cc1.[Cl-].[Cl-]. The first-order valence-corrected chi connectivity index (χ1v) is 27.5. The van der Waals surface area contributed by atoms with Gasteiger partial charge in [-0.3, -0.25) is 0 Å². The molecule has 2 aliphatic rings. The Morgan fingerprint density at radius 1 is 0.453 bits per heavy atom. The van der Waals surface area contributed by atoms with Gasteiger partial charge in [0.2, 0.25) is 0 Å². The zero-order valence-corrected chi connectivity index (χ0v) is 37.1. The number of hydrogen-bond donors (Lipinski definition) is 0. The third-order valence-electron chi connectivity index (χ3n) is 10.5. The molecule has 4 aromatic carbocycles. The van der Waals surface area contributed by atoms with Crippen molar-refractivity contribution in [1.82, 2.24) is 9.97 Å². The fraction of sp³-hybridized carbons (Fsp3) is 0.174. The smallest absolute Gasteiger partial charge is 1.00 e. The Bertz CT molecular complexity index is 2130. The molecule has 0 radical (unpaired) electrons. The Morgan fingerprint density at radius 2 is 0.849 bits per heavy atom. The standard InChI is InChI=1S/2C23H22NSi.2ClH.Zr/c2*1-25(2,3)18-12-10-17(11-13-18)19-7-6-8-20-21(19)14-15-22(20)23-9-4-5-16-24-23;;;/h2*4-14,16,22H,1-3H3;2*1H;/q;;;;+2/p-2. The molecule has 0 fully saturated rings. The number of benzene rings is 4. The third-order valence-corrected chi connectivity index (χ3v) is 18.2. The van der Waals surface area contributed by atoms with Crippen LogP contribution in [0.4, 0.5) is 0 Å². The summed E-state index contributed by atoms with van der Waals surface area (Å²) in [4.78, 5) is 9.96. The largest absolute Gasteiger partial charge is 1.00 e. The van der Waals surface area contributed by atoms with Gasteiger partial charge in [-0.15, -0.1) is 0 Å². The molecule has 0 amide bonds. The molecule has 2 aromatic heterocycles. The van der Waals surface area contributed by atoms with E-state index in [4.69, 9.17) is 9.97 Å². The van der Waals surface area contributed by atoms with Gasteiger partial charge >= 0.3 is 319 Å². The number of halogens is 2. The van der Waals surface area contributed by atoms with Crippen LogP contribution in [0.15, 0.2) is 140 Å². The molecule has 8 rings (SSSR count). The molecule has 7 heteroatoms. The molecule has 2 aliphatic carbocycles. The maximum absolute atomic E-state index is 4.98. The van der Waals surface area contributed by atoms with Gasteiger partial charge in [-0.05, 0) is 0 Å². The molecule has 0 bridgehead atoms. The van der Waals surface area contributed by atoms with E-state index in [0.29, 0.717) is 0 Å². The fourth-order valence-corrected chi connectivity index (χ4v) is 14.1. The summed E-state index contributed by atoms with van der Waals surface area (Å²) in [5.41, 5.74) is 13.0. The van der Waals surface area contributed by atoms with Crippen molar-refractivity contribution < 1.29 is 48.0 Å². The first kappa shape index (κ1) is 39.3. The average molecular weight is 843 g/mol. The summed E-state index contributed by atoms with van der Waals surface area (Å²) in [5, 5.41) is 2.99. The summed E-state index contributed by atoms with van der Waals surface area (Å²) in [6, 6.07) is 45.4. The summed E-state index contributed by atoms with van der Waals surface area (Å²) in [7, 11) is -2.77. The van der Waals surface area contributed by atoms with Gasteiger partial charge in [0.1, 0.15) is 0 Å². The molecule has 0 saturated heterocycles. The molecule has 0 aliphatic heterocycles. The van der Waals surface area contributed by atoms with Gasteiger partial charge in [-0.2, -0.15) is 0 Å². The van der Waals surface area contributed by atoms with Crippen molar-refractivity contribution in [2.24, 2.45) is 0 Å². The topological polar surface area (TPSA) is 25.8 Å². The molecule has 2 nitrogen and oxygen atoms in total. The normalized spacial score (nSPS) is 16.0. The molecule has 264 valence electrons. The molecule has 6 aromatic rings. The van der Waals surface area contributed by atoms with E-state index in [2.05, 4.69) is 161 Å². The maximum Gasteiger partial charge on any atom is -1.00 e. The molecular formula is C46H44Cl2N2Si2Zr. The maximum atomic E-state index is 4.98. The summed E-state index contributed by atoms with van der Waals surface area (Å²) < 4.78 is 3.11. The van der Waals surface area contributed by atoms with Crippen molar-refractivity contribution in [2.75, 3.05) is 0 Å². The van der Waals surface area contributed by atoms with E-state index in [9.17, 15) is 0 Å². The van der Waals surface area contributed by atoms with Crippen molar-refractivity contribution in [3.8, 4) is 22.3 Å². The summed E-state index contributed by atoms with van der Waals surface area (Å²) >= 11 is -1.33. The molecule has 2 heterocycles. The number of aromatic nitrogens is 2. The van der Waals surface area contributed by atoms with Crippen LogP contribution in [0.5, 0.6) is 0 Å². The van der Waals surface area contributed by atoms with Gasteiger partial charge in [-0.25, -0.2) is 0 Å². The predicted octanol–water partition coefficient (Wildman–Crippen LogP) is 4.66. The number of pyridine rings is 2. The second kappa shape index (κ2) is 15.7. The number of nitrogens with zero attached hydrogens (tertiary/aromatic N) is 2. The molecule has 0 spiro atoms. The van der Waals surface area contributed by atoms with Crippen LogP contribution in [0.1, 0.15) is 45.5 Å². The zero-order chi connectivity index (χ0) is 35.3. The van der Waals surface area contributed by atoms with Gasteiger partial charge in [-0.1, -0.05) is 0 Å². The van der Waals surface area contributed by atoms with Gasteiger partial charge in [0, 0.05) is 0 Å². The van der Waals surface area contributed by atoms with E-state index in [-0.39, 0.29) is 36.6 Å². The Morgan fingerprint density at radius 3 is 1.19 bits per heavy atom. The molecule has 2 atom stereocenters. The first-order valence-electron chi connectivity index (χ1n) is 18.1. The van der Waals surface area contributed by atoms with Crippen molar-refractivity contribution in [3.05, 3.63) is 174 Å². The first-order chi connectivity index (χ1) is 24.6. The number of hydrogen-bond acceptors (Lipinski definition) is 2. The van der Waals surface area contributed by atoms with E-state index in [1.165, 1.54) is 54.9 Å². The van der Waals surface area contributed by atoms with Crippen LogP contribution in [0.25, 0.3) is 34.4 Å². The second-order valence-corrected chi connectivity index (χ2v) is 29.6. The average Bonchev–Trinajstić information content (AvgIpc) is 3.69. The summed E-state index contributed by atoms with van der Waals surface area (Å²) in [6.45, 7) is 14.5. The number of fused-ring (bicyclic) bond motifs is 2. The summed E-state index contributed by atoms with van der Waals surface area (Å²) in [6.07, 6.45) is 9.02. The van der Waals surface area contributed by atoms with Crippen LogP contribution in [0, 0.1) is 0 Å². The van der Waals surface area contributed by atoms with Crippen LogP contribution in [-0.4, -0.2) is 26.1 Å². The molecule has 0 N–H and O–H groups in total. The minimum atomic E-state index is -1.39. The van der Waals surface area contributed by atoms with Crippen molar-refractivity contribution in [2.45, 2.75) is 51.1 Å². The van der Waals surface area contributed by atoms with Gasteiger partial charge in [0.05, 0.1) is 0 Å². The minimum absolute atomic E-state index is 0. The quantitative estimate of drug-likeness (QED) is 0.209. The monoisotopic (exact) mass is 840 g/mol. The predicted molar refractivity (Wildman–Crippen MR) is 218 cm³/mol. The van der Waals surface area contributed by atoms with E-state index in [0.717, 1.165) is 11.4 Å². The third kappa shape index (κ3) is 7.75. The van der Waals surface area contributed by atoms with Crippen LogP contribution in [0.3, 0.4) is 0 Å². The van der Waals surface area contributed by atoms with Gasteiger partial charge in [0.15, 0.2) is 0 Å².